The van der Waals surface area contributed by atoms with E-state index >= 15 is 0 Å². The van der Waals surface area contributed by atoms with Gasteiger partial charge in [-0.15, -0.1) is 0 Å². The number of methoxy groups -OCH3 is 1. The van der Waals surface area contributed by atoms with Crippen molar-refractivity contribution in [3.05, 3.63) is 76.0 Å². The molecule has 0 unspecified atom stereocenters. The van der Waals surface area contributed by atoms with Gasteiger partial charge in [0.05, 0.1) is 19.3 Å². The topological polar surface area (TPSA) is 73.1 Å². The highest BCUT2D eigenvalue weighted by molar-refractivity contribution is 5.49. The Balaban J connectivity index is 1.67. The van der Waals surface area contributed by atoms with Gasteiger partial charge >= 0.3 is 5.69 Å². The van der Waals surface area contributed by atoms with Crippen LogP contribution in [-0.4, -0.2) is 34.5 Å². The van der Waals surface area contributed by atoms with Gasteiger partial charge in [-0.25, -0.2) is 22.8 Å². The number of hydrogen-bond acceptors (Lipinski definition) is 5. The Labute approximate surface area is 159 Å². The number of aromatic nitrogens is 3. The van der Waals surface area contributed by atoms with Crippen LogP contribution in [0.4, 0.5) is 8.78 Å². The van der Waals surface area contributed by atoms with Gasteiger partial charge < -0.3 is 4.74 Å². The molecule has 1 saturated heterocycles. The van der Waals surface area contributed by atoms with Crippen molar-refractivity contribution in [2.45, 2.75) is 12.5 Å². The molecule has 1 fully saturated rings. The summed E-state index contributed by atoms with van der Waals surface area (Å²) in [5.41, 5.74) is 7.36. The van der Waals surface area contributed by atoms with E-state index in [9.17, 15) is 13.6 Å². The Morgan fingerprint density at radius 3 is 2.71 bits per heavy atom. The first-order chi connectivity index (χ1) is 13.6. The number of nitrogens with one attached hydrogen (secondary N) is 2. The first-order valence-corrected chi connectivity index (χ1v) is 8.79. The summed E-state index contributed by atoms with van der Waals surface area (Å²) in [4.78, 5) is 12.8. The van der Waals surface area contributed by atoms with Crippen molar-refractivity contribution in [3.63, 3.8) is 0 Å². The minimum Gasteiger partial charge on any atom is -0.495 e. The van der Waals surface area contributed by atoms with Crippen molar-refractivity contribution >= 4 is 0 Å². The highest BCUT2D eigenvalue weighted by Gasteiger charge is 2.19. The van der Waals surface area contributed by atoms with Crippen molar-refractivity contribution in [3.8, 4) is 11.4 Å². The lowest BCUT2D eigenvalue weighted by Gasteiger charge is -2.13. The predicted molar refractivity (Wildman–Crippen MR) is 98.6 cm³/mol. The quantitative estimate of drug-likeness (QED) is 0.695. The second-order valence-electron chi connectivity index (χ2n) is 6.57. The van der Waals surface area contributed by atoms with E-state index in [1.54, 1.807) is 6.07 Å². The highest BCUT2D eigenvalue weighted by atomic mass is 19.1. The van der Waals surface area contributed by atoms with Gasteiger partial charge in [-0.2, -0.15) is 5.10 Å². The third-order valence-electron chi connectivity index (χ3n) is 4.82. The van der Waals surface area contributed by atoms with Gasteiger partial charge in [0, 0.05) is 24.6 Å². The van der Waals surface area contributed by atoms with Crippen LogP contribution in [0.1, 0.15) is 17.0 Å². The molecule has 146 valence electrons. The molecular weight excluding hydrogens is 368 g/mol. The number of benzene rings is 2. The molecule has 9 heteroatoms. The molecule has 0 atom stereocenters. The lowest BCUT2D eigenvalue weighted by atomic mass is 9.99. The van der Waals surface area contributed by atoms with Crippen LogP contribution >= 0.6 is 0 Å². The molecule has 0 aliphatic carbocycles. The summed E-state index contributed by atoms with van der Waals surface area (Å²) in [5.74, 6) is -0.332. The molecule has 0 amide bonds. The Bertz CT molecular complexity index is 1060. The fourth-order valence-electron chi connectivity index (χ4n) is 3.28. The Hall–Kier alpha value is -3.04. The Morgan fingerprint density at radius 1 is 1.18 bits per heavy atom. The zero-order valence-electron chi connectivity index (χ0n) is 15.2. The van der Waals surface area contributed by atoms with E-state index < -0.39 is 17.3 Å². The summed E-state index contributed by atoms with van der Waals surface area (Å²) >= 11 is 0. The molecule has 3 aromatic rings. The van der Waals surface area contributed by atoms with Gasteiger partial charge in [0.1, 0.15) is 23.7 Å². The smallest absolute Gasteiger partial charge is 0.350 e. The number of rotatable bonds is 5. The Kier molecular flexibility index (Phi) is 4.93. The summed E-state index contributed by atoms with van der Waals surface area (Å²) in [7, 11) is 1.53. The van der Waals surface area contributed by atoms with Crippen molar-refractivity contribution < 1.29 is 13.5 Å². The molecule has 0 saturated carbocycles. The van der Waals surface area contributed by atoms with Crippen molar-refractivity contribution in [2.75, 3.05) is 20.2 Å². The molecule has 2 N–H and O–H groups in total. The van der Waals surface area contributed by atoms with E-state index in [0.717, 1.165) is 41.5 Å². The van der Waals surface area contributed by atoms with Gasteiger partial charge in [-0.1, -0.05) is 6.07 Å². The van der Waals surface area contributed by atoms with E-state index in [1.165, 1.54) is 18.0 Å². The Morgan fingerprint density at radius 2 is 1.96 bits per heavy atom. The number of nitrogens with zero attached hydrogens (tertiary/aromatic N) is 3. The summed E-state index contributed by atoms with van der Waals surface area (Å²) in [6, 6.07) is 8.74. The van der Waals surface area contributed by atoms with Gasteiger partial charge in [0.2, 0.25) is 0 Å². The molecule has 2 heterocycles. The van der Waals surface area contributed by atoms with Gasteiger partial charge in [-0.3, -0.25) is 10.9 Å². The maximum atomic E-state index is 13.9. The normalized spacial score (nSPS) is 14.5. The average Bonchev–Trinajstić information content (AvgIpc) is 3.35. The maximum Gasteiger partial charge on any atom is 0.350 e. The fourth-order valence-corrected chi connectivity index (χ4v) is 3.28. The van der Waals surface area contributed by atoms with Crippen molar-refractivity contribution in [1.29, 1.82) is 0 Å². The van der Waals surface area contributed by atoms with Crippen LogP contribution in [0, 0.1) is 11.6 Å². The summed E-state index contributed by atoms with van der Waals surface area (Å²) in [6.45, 7) is 1.44. The van der Waals surface area contributed by atoms with Gasteiger partial charge in [-0.05, 0) is 35.9 Å². The molecule has 28 heavy (non-hydrogen) atoms. The number of hydrazine groups is 1. The number of halogens is 2. The van der Waals surface area contributed by atoms with Crippen molar-refractivity contribution in [2.24, 2.45) is 0 Å². The molecule has 2 aromatic carbocycles. The van der Waals surface area contributed by atoms with Crippen LogP contribution in [0.2, 0.25) is 0 Å². The minimum atomic E-state index is -0.594. The molecule has 4 rings (SSSR count). The van der Waals surface area contributed by atoms with Crippen LogP contribution in [0.15, 0.2) is 47.5 Å². The fraction of sp³-hybridized carbons (Fsp3) is 0.263. The van der Waals surface area contributed by atoms with Crippen LogP contribution < -0.4 is 21.3 Å². The summed E-state index contributed by atoms with van der Waals surface area (Å²) in [5, 5.41) is 4.04. The van der Waals surface area contributed by atoms with Crippen LogP contribution in [0.3, 0.4) is 0 Å². The molecule has 0 radical (unpaired) electrons. The van der Waals surface area contributed by atoms with E-state index in [2.05, 4.69) is 16.0 Å². The first-order valence-electron chi connectivity index (χ1n) is 8.79. The highest BCUT2D eigenvalue weighted by Crippen LogP contribution is 2.27. The predicted octanol–water partition coefficient (Wildman–Crippen LogP) is 1.56. The van der Waals surface area contributed by atoms with E-state index in [1.807, 2.05) is 12.1 Å². The summed E-state index contributed by atoms with van der Waals surface area (Å²) < 4.78 is 35.1. The monoisotopic (exact) mass is 387 g/mol. The standard InChI is InChI=1S/C19H19F2N5O2/c1-28-18-7-12(14-8-22-23-9-14)2-5-17(18)25-11-24-26(19(25)27)10-13-6-15(20)3-4-16(13)21/h2-7,11,14,22-23H,8-10H2,1H3. The third kappa shape index (κ3) is 3.41. The molecule has 1 aromatic heterocycles. The minimum absolute atomic E-state index is 0.0518. The summed E-state index contributed by atoms with van der Waals surface area (Å²) in [6.07, 6.45) is 1.34. The molecule has 1 aliphatic heterocycles. The zero-order valence-corrected chi connectivity index (χ0v) is 15.2. The molecule has 7 nitrogen and oxygen atoms in total. The zero-order chi connectivity index (χ0) is 19.7. The largest absolute Gasteiger partial charge is 0.495 e. The SMILES string of the molecule is COc1cc(C2CNNC2)ccc1-n1cnn(Cc2cc(F)ccc2F)c1=O. The van der Waals surface area contributed by atoms with Crippen LogP contribution in [0.25, 0.3) is 5.69 Å². The maximum absolute atomic E-state index is 13.9. The molecule has 1 aliphatic rings. The van der Waals surface area contributed by atoms with Crippen molar-refractivity contribution in [1.82, 2.24) is 25.2 Å². The van der Waals surface area contributed by atoms with E-state index in [-0.39, 0.29) is 12.1 Å². The second kappa shape index (κ2) is 7.53. The van der Waals surface area contributed by atoms with Gasteiger partial charge in [0.15, 0.2) is 0 Å². The number of ether oxygens (including phenoxy) is 1. The van der Waals surface area contributed by atoms with Gasteiger partial charge in [0.25, 0.3) is 0 Å². The van der Waals surface area contributed by atoms with Crippen LogP contribution in [-0.2, 0) is 6.54 Å². The van der Waals surface area contributed by atoms with E-state index in [4.69, 9.17) is 4.74 Å². The molecular formula is C19H19F2N5O2. The van der Waals surface area contributed by atoms with Crippen LogP contribution in [0.5, 0.6) is 5.75 Å². The average molecular weight is 387 g/mol. The van der Waals surface area contributed by atoms with E-state index in [0.29, 0.717) is 17.4 Å². The third-order valence-corrected chi connectivity index (χ3v) is 4.82. The lowest BCUT2D eigenvalue weighted by molar-refractivity contribution is 0.411. The molecule has 0 bridgehead atoms. The second-order valence-corrected chi connectivity index (χ2v) is 6.57. The number of hydrogen-bond donors (Lipinski definition) is 2. The molecule has 0 spiro atoms. The first kappa shape index (κ1) is 18.3. The lowest BCUT2D eigenvalue weighted by Crippen LogP contribution is -2.25.